The first kappa shape index (κ1) is 21.6. The van der Waals surface area contributed by atoms with Crippen LogP contribution in [0.3, 0.4) is 0 Å². The molecule has 0 saturated carbocycles. The third-order valence-corrected chi connectivity index (χ3v) is 6.01. The van der Waals surface area contributed by atoms with Gasteiger partial charge >= 0.3 is 0 Å². The number of hydrogen-bond donors (Lipinski definition) is 1. The molecular formula is C25H20FN3O2S. The molecule has 0 saturated heterocycles. The van der Waals surface area contributed by atoms with Gasteiger partial charge in [0, 0.05) is 34.5 Å². The Morgan fingerprint density at radius 3 is 2.22 bits per heavy atom. The highest BCUT2D eigenvalue weighted by molar-refractivity contribution is 8.00. The van der Waals surface area contributed by atoms with Crippen LogP contribution in [0.1, 0.15) is 24.2 Å². The Balaban J connectivity index is 1.60. The Morgan fingerprint density at radius 2 is 1.56 bits per heavy atom. The summed E-state index contributed by atoms with van der Waals surface area (Å²) in [5.41, 5.74) is 2.63. The van der Waals surface area contributed by atoms with Crippen molar-refractivity contribution in [3.05, 3.63) is 84.2 Å². The van der Waals surface area contributed by atoms with E-state index in [1.165, 1.54) is 30.8 Å². The molecule has 0 aliphatic rings. The quantitative estimate of drug-likeness (QED) is 0.302. The molecule has 0 spiro atoms. The second kappa shape index (κ2) is 9.28. The summed E-state index contributed by atoms with van der Waals surface area (Å²) in [5, 5.41) is 13.5. The van der Waals surface area contributed by atoms with Gasteiger partial charge in [-0.3, -0.25) is 9.59 Å². The molecular weight excluding hydrogens is 425 g/mol. The van der Waals surface area contributed by atoms with Gasteiger partial charge in [0.25, 0.3) is 0 Å². The molecule has 0 radical (unpaired) electrons. The van der Waals surface area contributed by atoms with E-state index in [0.717, 1.165) is 16.3 Å². The third-order valence-electron chi connectivity index (χ3n) is 4.92. The van der Waals surface area contributed by atoms with Crippen LogP contribution in [0.15, 0.2) is 77.8 Å². The zero-order valence-electron chi connectivity index (χ0n) is 17.5. The fourth-order valence-corrected chi connectivity index (χ4v) is 4.34. The minimum absolute atomic E-state index is 0.0436. The number of fused-ring (bicyclic) bond motifs is 1. The van der Waals surface area contributed by atoms with Gasteiger partial charge in [-0.15, -0.1) is 10.2 Å². The minimum atomic E-state index is -0.393. The highest BCUT2D eigenvalue weighted by atomic mass is 32.2. The lowest BCUT2D eigenvalue weighted by molar-refractivity contribution is -0.114. The highest BCUT2D eigenvalue weighted by Crippen LogP contribution is 2.34. The zero-order valence-corrected chi connectivity index (χ0v) is 18.3. The number of nitrogens with one attached hydrogen (secondary N) is 1. The van der Waals surface area contributed by atoms with Gasteiger partial charge in [0.1, 0.15) is 16.5 Å². The van der Waals surface area contributed by atoms with Crippen LogP contribution in [0.5, 0.6) is 0 Å². The molecule has 1 N–H and O–H groups in total. The molecule has 0 bridgehead atoms. The number of nitrogens with zero attached hydrogens (tertiary/aromatic N) is 2. The van der Waals surface area contributed by atoms with Crippen LogP contribution in [0.25, 0.3) is 22.0 Å². The summed E-state index contributed by atoms with van der Waals surface area (Å²) in [7, 11) is 0. The number of hydrogen-bond acceptors (Lipinski definition) is 5. The number of ketones is 1. The number of carbonyl (C=O) groups excluding carboxylic acids is 2. The van der Waals surface area contributed by atoms with Crippen LogP contribution in [0.4, 0.5) is 10.1 Å². The SMILES string of the molecule is CC(=O)Nc1ccc(C(=O)C(C)Sc2nnc(-c3ccc(F)cc3)c3ccccc23)cc1. The normalized spacial score (nSPS) is 11.8. The maximum Gasteiger partial charge on any atom is 0.221 e. The molecule has 1 amide bonds. The molecule has 3 aromatic carbocycles. The highest BCUT2D eigenvalue weighted by Gasteiger charge is 2.20. The summed E-state index contributed by atoms with van der Waals surface area (Å²) in [6, 6.07) is 20.7. The molecule has 5 nitrogen and oxygen atoms in total. The van der Waals surface area contributed by atoms with Crippen LogP contribution in [-0.2, 0) is 4.79 Å². The topological polar surface area (TPSA) is 72.0 Å². The van der Waals surface area contributed by atoms with E-state index >= 15 is 0 Å². The minimum Gasteiger partial charge on any atom is -0.326 e. The fraction of sp³-hybridized carbons (Fsp3) is 0.120. The van der Waals surface area contributed by atoms with Crippen molar-refractivity contribution in [3.8, 4) is 11.3 Å². The number of amides is 1. The zero-order chi connectivity index (χ0) is 22.7. The van der Waals surface area contributed by atoms with Crippen LogP contribution in [-0.4, -0.2) is 27.1 Å². The van der Waals surface area contributed by atoms with E-state index in [2.05, 4.69) is 15.5 Å². The first-order chi connectivity index (χ1) is 15.4. The van der Waals surface area contributed by atoms with Crippen molar-refractivity contribution in [1.82, 2.24) is 10.2 Å². The average Bonchev–Trinajstić information content (AvgIpc) is 2.79. The first-order valence-corrected chi connectivity index (χ1v) is 10.9. The summed E-state index contributed by atoms with van der Waals surface area (Å²) in [5.74, 6) is -0.518. The van der Waals surface area contributed by atoms with E-state index in [9.17, 15) is 14.0 Å². The molecule has 0 aliphatic carbocycles. The summed E-state index contributed by atoms with van der Waals surface area (Å²) in [4.78, 5) is 24.1. The Kier molecular flexibility index (Phi) is 6.28. The van der Waals surface area contributed by atoms with Crippen molar-refractivity contribution >= 4 is 39.9 Å². The standard InChI is InChI=1S/C25H20FN3O2S/c1-15(24(31)18-9-13-20(14-10-18)27-16(2)30)32-25-22-6-4-3-5-21(22)23(28-29-25)17-7-11-19(26)12-8-17/h3-15H,1-2H3,(H,27,30). The van der Waals surface area contributed by atoms with E-state index < -0.39 is 5.25 Å². The summed E-state index contributed by atoms with van der Waals surface area (Å²) < 4.78 is 13.3. The average molecular weight is 446 g/mol. The number of anilines is 1. The van der Waals surface area contributed by atoms with Gasteiger partial charge in [-0.25, -0.2) is 4.39 Å². The second-order valence-corrected chi connectivity index (χ2v) is 8.62. The molecule has 1 unspecified atom stereocenters. The lowest BCUT2D eigenvalue weighted by atomic mass is 10.1. The Labute approximate surface area is 189 Å². The lowest BCUT2D eigenvalue weighted by Crippen LogP contribution is -2.14. The number of aromatic nitrogens is 2. The van der Waals surface area contributed by atoms with Gasteiger partial charge in [0.05, 0.1) is 5.25 Å². The number of thioether (sulfide) groups is 1. The van der Waals surface area contributed by atoms with Crippen LogP contribution in [0.2, 0.25) is 0 Å². The fourth-order valence-electron chi connectivity index (χ4n) is 3.36. The molecule has 1 aromatic heterocycles. The lowest BCUT2D eigenvalue weighted by Gasteiger charge is -2.13. The molecule has 32 heavy (non-hydrogen) atoms. The van der Waals surface area contributed by atoms with Crippen molar-refractivity contribution < 1.29 is 14.0 Å². The largest absolute Gasteiger partial charge is 0.326 e. The predicted octanol–water partition coefficient (Wildman–Crippen LogP) is 5.76. The van der Waals surface area contributed by atoms with Crippen molar-refractivity contribution in [2.45, 2.75) is 24.1 Å². The molecule has 4 aromatic rings. The van der Waals surface area contributed by atoms with Crippen LogP contribution in [0, 0.1) is 5.82 Å². The van der Waals surface area contributed by atoms with Crippen LogP contribution < -0.4 is 5.32 Å². The van der Waals surface area contributed by atoms with Gasteiger partial charge in [-0.1, -0.05) is 36.0 Å². The van der Waals surface area contributed by atoms with Gasteiger partial charge < -0.3 is 5.32 Å². The van der Waals surface area contributed by atoms with E-state index in [1.54, 1.807) is 36.4 Å². The number of carbonyl (C=O) groups is 2. The van der Waals surface area contributed by atoms with Gasteiger partial charge in [-0.05, 0) is 55.5 Å². The molecule has 0 aliphatic heterocycles. The summed E-state index contributed by atoms with van der Waals surface area (Å²) >= 11 is 1.34. The van der Waals surface area contributed by atoms with Gasteiger partial charge in [0.15, 0.2) is 5.78 Å². The van der Waals surface area contributed by atoms with Crippen LogP contribution >= 0.6 is 11.8 Å². The number of Topliss-reactive ketones (excluding diaryl/α,β-unsaturated/α-hetero) is 1. The molecule has 1 atom stereocenters. The molecule has 1 heterocycles. The molecule has 0 fully saturated rings. The smallest absolute Gasteiger partial charge is 0.221 e. The maximum absolute atomic E-state index is 13.3. The van der Waals surface area contributed by atoms with Gasteiger partial charge in [0.2, 0.25) is 5.91 Å². The van der Waals surface area contributed by atoms with E-state index in [0.29, 0.717) is 22.0 Å². The summed E-state index contributed by atoms with van der Waals surface area (Å²) in [6.07, 6.45) is 0. The molecule has 160 valence electrons. The van der Waals surface area contributed by atoms with E-state index in [4.69, 9.17) is 0 Å². The molecule has 7 heteroatoms. The van der Waals surface area contributed by atoms with E-state index in [-0.39, 0.29) is 17.5 Å². The predicted molar refractivity (Wildman–Crippen MR) is 125 cm³/mol. The Bertz CT molecular complexity index is 1290. The van der Waals surface area contributed by atoms with Crippen molar-refractivity contribution in [2.75, 3.05) is 5.32 Å². The summed E-state index contributed by atoms with van der Waals surface area (Å²) in [6.45, 7) is 3.27. The number of rotatable bonds is 6. The maximum atomic E-state index is 13.3. The van der Waals surface area contributed by atoms with Crippen molar-refractivity contribution in [2.24, 2.45) is 0 Å². The number of halogens is 1. The Morgan fingerprint density at radius 1 is 0.906 bits per heavy atom. The third kappa shape index (κ3) is 4.68. The van der Waals surface area contributed by atoms with Gasteiger partial charge in [-0.2, -0.15) is 0 Å². The van der Waals surface area contributed by atoms with Crippen molar-refractivity contribution in [1.29, 1.82) is 0 Å². The monoisotopic (exact) mass is 445 g/mol. The molecule has 4 rings (SSSR count). The second-order valence-electron chi connectivity index (χ2n) is 7.29. The Hall–Kier alpha value is -3.58. The van der Waals surface area contributed by atoms with Crippen molar-refractivity contribution in [3.63, 3.8) is 0 Å². The first-order valence-electron chi connectivity index (χ1n) is 10.0. The van der Waals surface area contributed by atoms with E-state index in [1.807, 2.05) is 31.2 Å². The number of benzene rings is 3.